The fraction of sp³-hybridized carbons (Fsp3) is 0.125. The molecule has 2 aromatic carbocycles. The van der Waals surface area contributed by atoms with Crippen molar-refractivity contribution in [3.05, 3.63) is 57.5 Å². The van der Waals surface area contributed by atoms with Gasteiger partial charge in [0.2, 0.25) is 0 Å². The van der Waals surface area contributed by atoms with E-state index < -0.39 is 18.5 Å². The molecule has 1 N–H and O–H groups in total. The van der Waals surface area contributed by atoms with Crippen LogP contribution < -0.4 is 5.32 Å². The van der Waals surface area contributed by atoms with Crippen molar-refractivity contribution in [2.75, 3.05) is 17.7 Å². The van der Waals surface area contributed by atoms with Crippen LogP contribution in [0.5, 0.6) is 0 Å². The number of thioether (sulfide) groups is 1. The number of anilines is 1. The molecule has 4 nitrogen and oxygen atoms in total. The van der Waals surface area contributed by atoms with Gasteiger partial charge in [0.05, 0.1) is 21.5 Å². The Morgan fingerprint density at radius 1 is 1.00 bits per heavy atom. The van der Waals surface area contributed by atoms with E-state index in [0.717, 1.165) is 4.90 Å². The van der Waals surface area contributed by atoms with Crippen LogP contribution in [0.1, 0.15) is 0 Å². The van der Waals surface area contributed by atoms with Crippen LogP contribution in [0.15, 0.2) is 47.4 Å². The standard InChI is InChI=1S/C16H12Cl3NO3S/c17-10-4-6-11(7-5-10)24-9-15(22)23-8-14(21)20-16-12(18)2-1-3-13(16)19/h1-7H,8-9H2,(H,20,21). The molecule has 0 aliphatic rings. The van der Waals surface area contributed by atoms with E-state index in [4.69, 9.17) is 39.5 Å². The zero-order valence-corrected chi connectivity index (χ0v) is 15.3. The van der Waals surface area contributed by atoms with Crippen molar-refractivity contribution in [3.8, 4) is 0 Å². The molecule has 0 bridgehead atoms. The largest absolute Gasteiger partial charge is 0.455 e. The van der Waals surface area contributed by atoms with Crippen LogP contribution in [0.2, 0.25) is 15.1 Å². The molecule has 0 atom stereocenters. The monoisotopic (exact) mass is 403 g/mol. The first-order chi connectivity index (χ1) is 11.5. The van der Waals surface area contributed by atoms with Gasteiger partial charge in [-0.1, -0.05) is 40.9 Å². The molecule has 0 aliphatic heterocycles. The van der Waals surface area contributed by atoms with Crippen LogP contribution >= 0.6 is 46.6 Å². The van der Waals surface area contributed by atoms with Crippen LogP contribution in [-0.4, -0.2) is 24.2 Å². The SMILES string of the molecule is O=C(COC(=O)CSc1ccc(Cl)cc1)Nc1c(Cl)cccc1Cl. The average Bonchev–Trinajstić information content (AvgIpc) is 2.56. The molecule has 0 spiro atoms. The number of rotatable bonds is 6. The summed E-state index contributed by atoms with van der Waals surface area (Å²) < 4.78 is 4.92. The third kappa shape index (κ3) is 5.91. The zero-order valence-electron chi connectivity index (χ0n) is 12.2. The van der Waals surface area contributed by atoms with Crippen LogP contribution in [0.4, 0.5) is 5.69 Å². The number of benzene rings is 2. The van der Waals surface area contributed by atoms with E-state index in [0.29, 0.717) is 15.1 Å². The van der Waals surface area contributed by atoms with Crippen molar-refractivity contribution >= 4 is 64.1 Å². The Labute approximate surface area is 158 Å². The fourth-order valence-corrected chi connectivity index (χ4v) is 2.97. The molecule has 2 aromatic rings. The van der Waals surface area contributed by atoms with E-state index in [1.54, 1.807) is 42.5 Å². The van der Waals surface area contributed by atoms with E-state index in [-0.39, 0.29) is 11.4 Å². The van der Waals surface area contributed by atoms with Gasteiger partial charge in [-0.15, -0.1) is 11.8 Å². The number of nitrogens with one attached hydrogen (secondary N) is 1. The number of carbonyl (C=O) groups is 2. The first-order valence-corrected chi connectivity index (χ1v) is 8.85. The summed E-state index contributed by atoms with van der Waals surface area (Å²) in [6.07, 6.45) is 0. The molecule has 0 fully saturated rings. The second-order valence-corrected chi connectivity index (χ2v) is 6.85. The van der Waals surface area contributed by atoms with Crippen molar-refractivity contribution in [1.29, 1.82) is 0 Å². The molecule has 1 amide bonds. The Bertz CT molecular complexity index is 718. The third-order valence-electron chi connectivity index (χ3n) is 2.76. The number of amides is 1. The molecule has 24 heavy (non-hydrogen) atoms. The quantitative estimate of drug-likeness (QED) is 0.548. The number of halogens is 3. The first kappa shape index (κ1) is 18.9. The molecular formula is C16H12Cl3NO3S. The molecule has 126 valence electrons. The smallest absolute Gasteiger partial charge is 0.316 e. The normalized spacial score (nSPS) is 10.3. The van der Waals surface area contributed by atoms with Crippen molar-refractivity contribution in [2.45, 2.75) is 4.90 Å². The molecule has 0 aliphatic carbocycles. The van der Waals surface area contributed by atoms with Crippen LogP contribution in [0, 0.1) is 0 Å². The molecule has 0 heterocycles. The van der Waals surface area contributed by atoms with E-state index in [9.17, 15) is 9.59 Å². The summed E-state index contributed by atoms with van der Waals surface area (Å²) in [5.74, 6) is -0.938. The lowest BCUT2D eigenvalue weighted by Gasteiger charge is -2.09. The predicted octanol–water partition coefficient (Wildman–Crippen LogP) is 4.92. The molecule has 8 heteroatoms. The second kappa shape index (κ2) is 9.18. The van der Waals surface area contributed by atoms with Gasteiger partial charge in [0, 0.05) is 9.92 Å². The maximum absolute atomic E-state index is 11.8. The van der Waals surface area contributed by atoms with Crippen LogP contribution in [0.3, 0.4) is 0 Å². The van der Waals surface area contributed by atoms with Gasteiger partial charge in [-0.25, -0.2) is 0 Å². The Morgan fingerprint density at radius 3 is 2.25 bits per heavy atom. The number of carbonyl (C=O) groups excluding carboxylic acids is 2. The highest BCUT2D eigenvalue weighted by atomic mass is 35.5. The maximum Gasteiger partial charge on any atom is 0.316 e. The van der Waals surface area contributed by atoms with Gasteiger partial charge < -0.3 is 10.1 Å². The average molecular weight is 405 g/mol. The summed E-state index contributed by atoms with van der Waals surface area (Å²) >= 11 is 19.0. The van der Waals surface area contributed by atoms with Crippen molar-refractivity contribution < 1.29 is 14.3 Å². The lowest BCUT2D eigenvalue weighted by Crippen LogP contribution is -2.22. The summed E-state index contributed by atoms with van der Waals surface area (Å²) in [4.78, 5) is 24.4. The van der Waals surface area contributed by atoms with Crippen molar-refractivity contribution in [1.82, 2.24) is 0 Å². The fourth-order valence-electron chi connectivity index (χ4n) is 1.65. The van der Waals surface area contributed by atoms with Crippen molar-refractivity contribution in [2.24, 2.45) is 0 Å². The minimum Gasteiger partial charge on any atom is -0.455 e. The molecular weight excluding hydrogens is 393 g/mol. The molecule has 0 unspecified atom stereocenters. The summed E-state index contributed by atoms with van der Waals surface area (Å²) in [7, 11) is 0. The van der Waals surface area contributed by atoms with Crippen LogP contribution in [0.25, 0.3) is 0 Å². The summed E-state index contributed by atoms with van der Waals surface area (Å²) in [6.45, 7) is -0.415. The lowest BCUT2D eigenvalue weighted by molar-refractivity contribution is -0.144. The summed E-state index contributed by atoms with van der Waals surface area (Å²) in [5.41, 5.74) is 0.289. The number of para-hydroxylation sites is 1. The van der Waals surface area contributed by atoms with Gasteiger partial charge in [0.15, 0.2) is 6.61 Å². The zero-order chi connectivity index (χ0) is 17.5. The highest BCUT2D eigenvalue weighted by molar-refractivity contribution is 8.00. The van der Waals surface area contributed by atoms with E-state index in [1.165, 1.54) is 11.8 Å². The summed E-state index contributed by atoms with van der Waals surface area (Å²) in [6, 6.07) is 11.9. The highest BCUT2D eigenvalue weighted by Gasteiger charge is 2.12. The van der Waals surface area contributed by atoms with Gasteiger partial charge in [-0.05, 0) is 36.4 Å². The van der Waals surface area contributed by atoms with E-state index in [1.807, 2.05) is 0 Å². The maximum atomic E-state index is 11.8. The third-order valence-corrected chi connectivity index (χ3v) is 4.63. The molecule has 0 radical (unpaired) electrons. The molecule has 0 saturated carbocycles. The van der Waals surface area contributed by atoms with Gasteiger partial charge in [-0.3, -0.25) is 9.59 Å². The topological polar surface area (TPSA) is 55.4 Å². The molecule has 0 saturated heterocycles. The number of esters is 1. The van der Waals surface area contributed by atoms with Gasteiger partial charge in [0.1, 0.15) is 0 Å². The van der Waals surface area contributed by atoms with E-state index >= 15 is 0 Å². The Balaban J connectivity index is 1.77. The Hall–Kier alpha value is -1.40. The van der Waals surface area contributed by atoms with Crippen molar-refractivity contribution in [3.63, 3.8) is 0 Å². The number of hydrogen-bond donors (Lipinski definition) is 1. The lowest BCUT2D eigenvalue weighted by atomic mass is 10.3. The number of ether oxygens (including phenoxy) is 1. The summed E-state index contributed by atoms with van der Waals surface area (Å²) in [5, 5.41) is 3.75. The highest BCUT2D eigenvalue weighted by Crippen LogP contribution is 2.29. The number of hydrogen-bond acceptors (Lipinski definition) is 4. The molecule has 2 rings (SSSR count). The van der Waals surface area contributed by atoms with Gasteiger partial charge in [-0.2, -0.15) is 0 Å². The minimum atomic E-state index is -0.519. The predicted molar refractivity (Wildman–Crippen MR) is 98.2 cm³/mol. The van der Waals surface area contributed by atoms with Crippen LogP contribution in [-0.2, 0) is 14.3 Å². The minimum absolute atomic E-state index is 0.0851. The molecule has 0 aromatic heterocycles. The van der Waals surface area contributed by atoms with Gasteiger partial charge >= 0.3 is 5.97 Å². The second-order valence-electron chi connectivity index (χ2n) is 4.55. The Kier molecular flexibility index (Phi) is 7.24. The van der Waals surface area contributed by atoms with E-state index in [2.05, 4.69) is 5.32 Å². The first-order valence-electron chi connectivity index (χ1n) is 6.73. The Morgan fingerprint density at radius 2 is 1.62 bits per heavy atom. The van der Waals surface area contributed by atoms with Gasteiger partial charge in [0.25, 0.3) is 5.91 Å².